The molecule has 12 heterocycles. The molecule has 4 spiro atoms. The predicted octanol–water partition coefficient (Wildman–Crippen LogP) is 17.3. The fourth-order valence-electron chi connectivity index (χ4n) is 20.8. The van der Waals surface area contributed by atoms with Gasteiger partial charge in [0.1, 0.15) is 121 Å². The summed E-state index contributed by atoms with van der Waals surface area (Å²) in [7, 11) is 0.947. The van der Waals surface area contributed by atoms with Gasteiger partial charge in [-0.15, -0.1) is 12.4 Å². The molecule has 4 saturated heterocycles. The van der Waals surface area contributed by atoms with Gasteiger partial charge in [-0.3, -0.25) is 19.7 Å². The van der Waals surface area contributed by atoms with E-state index in [4.69, 9.17) is 83.1 Å². The Morgan fingerprint density at radius 2 is 0.760 bits per heavy atom. The van der Waals surface area contributed by atoms with Gasteiger partial charge in [0, 0.05) is 187 Å². The number of likely N-dealkylation sites (N-methyl/N-ethyl adjacent to an activating group) is 2. The van der Waals surface area contributed by atoms with E-state index in [0.717, 1.165) is 290 Å². The maximum absolute atomic E-state index is 13.2. The molecule has 5 aliphatic heterocycles. The number of benzene rings is 5. The Kier molecular flexibility index (Phi) is 30.4. The maximum atomic E-state index is 13.2. The molecule has 5 aromatic carbocycles. The molecule has 12 aromatic rings. The van der Waals surface area contributed by atoms with E-state index in [0.29, 0.717) is 64.1 Å². The number of ether oxygens (including phenoxy) is 8. The second-order valence-electron chi connectivity index (χ2n) is 49.0. The van der Waals surface area contributed by atoms with Crippen LogP contribution >= 0.6 is 12.4 Å². The molecular weight excluding hydrogens is 1970 g/mol. The second kappa shape index (κ2) is 42.6. The molecule has 13 aliphatic rings. The van der Waals surface area contributed by atoms with Crippen molar-refractivity contribution in [3.05, 3.63) is 175 Å². The molecule has 37 heteroatoms. The van der Waals surface area contributed by atoms with Crippen LogP contribution < -0.4 is 73.4 Å². The molecule has 0 radical (unpaired) electrons. The van der Waals surface area contributed by atoms with E-state index in [2.05, 4.69) is 211 Å². The van der Waals surface area contributed by atoms with Crippen LogP contribution in [0.4, 0.5) is 28.1 Å². The summed E-state index contributed by atoms with van der Waals surface area (Å²) in [5.41, 5.74) is 13.9. The first-order chi connectivity index (χ1) is 71.0. The zero-order valence-corrected chi connectivity index (χ0v) is 96.7. The predicted molar refractivity (Wildman–Crippen MR) is 599 cm³/mol. The molecule has 150 heavy (non-hydrogen) atoms. The quantitative estimate of drug-likeness (QED) is 0.0295. The molecule has 1 amide bonds. The van der Waals surface area contributed by atoms with Crippen molar-refractivity contribution in [2.45, 2.75) is 285 Å². The zero-order chi connectivity index (χ0) is 102. The Morgan fingerprint density at radius 3 is 1.14 bits per heavy atom. The van der Waals surface area contributed by atoms with E-state index in [1.807, 2.05) is 85.7 Å². The van der Waals surface area contributed by atoms with Crippen molar-refractivity contribution in [1.29, 1.82) is 0 Å². The molecule has 8 saturated carbocycles. The number of carbonyl (C=O) groups excluding carboxylic acids is 1. The van der Waals surface area contributed by atoms with E-state index in [9.17, 15) is 4.79 Å². The third-order valence-corrected chi connectivity index (χ3v) is 37.6. The van der Waals surface area contributed by atoms with E-state index in [1.165, 1.54) is 44.1 Å². The van der Waals surface area contributed by atoms with Crippen molar-refractivity contribution < 1.29 is 75.1 Å². The van der Waals surface area contributed by atoms with Crippen LogP contribution in [0.2, 0.25) is 77.1 Å². The molecule has 0 unspecified atom stereocenters. The van der Waals surface area contributed by atoms with Crippen LogP contribution in [0.5, 0.6) is 23.0 Å². The summed E-state index contributed by atoms with van der Waals surface area (Å²) in [6, 6.07) is 46.4. The number of carbonyl (C=O) groups is 1. The number of halogens is 1. The van der Waals surface area contributed by atoms with Crippen molar-refractivity contribution in [3.8, 4) is 57.2 Å². The van der Waals surface area contributed by atoms with Crippen LogP contribution in [0.25, 0.3) is 66.9 Å². The monoisotopic (exact) mass is 2120 g/mol. The summed E-state index contributed by atoms with van der Waals surface area (Å²) >= 11 is 0. The summed E-state index contributed by atoms with van der Waals surface area (Å²) in [5.74, 6) is 7.37. The van der Waals surface area contributed by atoms with Gasteiger partial charge < -0.3 is 64.2 Å². The van der Waals surface area contributed by atoms with Crippen molar-refractivity contribution in [3.63, 3.8) is 0 Å². The average Bonchev–Trinajstić information content (AvgIpc) is 1.59. The van der Waals surface area contributed by atoms with Gasteiger partial charge in [-0.05, 0) is 241 Å². The van der Waals surface area contributed by atoms with Crippen molar-refractivity contribution in [1.82, 2.24) is 89.2 Å². The summed E-state index contributed by atoms with van der Waals surface area (Å²) in [5, 5.41) is 21.5. The van der Waals surface area contributed by atoms with E-state index in [-0.39, 0.29) is 91.0 Å². The first-order valence-electron chi connectivity index (χ1n) is 54.1. The number of aromatic nitrogens is 14. The van der Waals surface area contributed by atoms with Gasteiger partial charge in [-0.2, -0.15) is 15.3 Å². The Hall–Kier alpha value is -10.1. The molecule has 12 fully saturated rings. The summed E-state index contributed by atoms with van der Waals surface area (Å²) in [4.78, 5) is 71.9. The Morgan fingerprint density at radius 1 is 0.400 bits per heavy atom. The normalized spacial score (nSPS) is 20.0. The Bertz CT molecular complexity index is 6920. The number of amides is 1. The largest absolute Gasteiger partial charge is 1.00 e. The number of hydrogen-bond acceptors (Lipinski definition) is 28. The van der Waals surface area contributed by atoms with Crippen LogP contribution in [0.3, 0.4) is 0 Å². The minimum absolute atomic E-state index is 0. The van der Waals surface area contributed by atoms with Gasteiger partial charge in [-0.1, -0.05) is 95.3 Å². The minimum Gasteiger partial charge on any atom is -1.00 e. The van der Waals surface area contributed by atoms with Crippen LogP contribution in [-0.4, -0.2) is 277 Å². The third-order valence-electron chi connectivity index (χ3n) is 32.4. The smallest absolute Gasteiger partial charge is 1.00 e. The van der Waals surface area contributed by atoms with Gasteiger partial charge in [0.05, 0.1) is 74.2 Å². The molecule has 794 valence electrons. The van der Waals surface area contributed by atoms with Crippen molar-refractivity contribution in [2.24, 2.45) is 4.99 Å². The van der Waals surface area contributed by atoms with Gasteiger partial charge in [-0.25, -0.2) is 58.7 Å². The maximum Gasteiger partial charge on any atom is 1.00 e. The molecule has 0 atom stereocenters. The topological polar surface area (TPSA) is 295 Å². The Balaban J connectivity index is 0.000000132. The second-order valence-corrected chi connectivity index (χ2v) is 65.8. The van der Waals surface area contributed by atoms with Gasteiger partial charge >= 0.3 is 35.7 Å². The number of nitrogens with one attached hydrogen (secondary N) is 1. The number of fused-ring (bicyclic) bond motifs is 4. The van der Waals surface area contributed by atoms with E-state index < -0.39 is 24.2 Å². The first-order valence-corrected chi connectivity index (χ1v) is 65.2. The summed E-state index contributed by atoms with van der Waals surface area (Å²) in [6.45, 7) is 45.4. The molecule has 8 aliphatic carbocycles. The number of nitrogens with zero attached hydrogens (tertiary/aromatic N) is 22. The molecule has 0 bridgehead atoms. The molecular formula is C113H153ClN23NaO9Si3. The number of piperazine rings is 4. The Labute approximate surface area is 916 Å². The van der Waals surface area contributed by atoms with Crippen LogP contribution in [0.1, 0.15) is 156 Å². The van der Waals surface area contributed by atoms with E-state index >= 15 is 0 Å². The van der Waals surface area contributed by atoms with Crippen molar-refractivity contribution >= 4 is 104 Å². The zero-order valence-electron chi connectivity index (χ0n) is 91.9. The third kappa shape index (κ3) is 25.2. The number of aliphatic imine (C=N–C) groups is 1. The fraction of sp³-hybridized carbons (Fsp3) is 0.549. The van der Waals surface area contributed by atoms with Crippen LogP contribution in [0, 0.1) is 0 Å². The van der Waals surface area contributed by atoms with Crippen LogP contribution in [0.15, 0.2) is 158 Å². The standard InChI is InChI=1S/C35H44N6O4Si.C28H40N6O2Si.C27H38N6O2Si.C23H27N5O.ClH.Na.H2.H/c1-34(12-13-34)45-27-10-11-29-28(20-27)32(41(38-29)25-43-18-19-46(2,3)4)30-21-31(37-24-36-30)39-16-17-40(35(23-39)14-15-35)33(42)44-22-26-8-6-5-7-9-26;1-27(8-9-27)36-21-6-7-23-22(16-21)26(34(31-23)20-35-14-15-37(3,4)5)24-17-25(30-19-29-24)33-13-12-32(2)28(18-33)10-11-28;1-26(7-8-26)35-20-5-6-22-21(15-20)25(33(31-22)19-34-13-14-36(2,3)4)23-16-24(29-18-28-23)32-12-11-30-27(17-32)9-10-27;1-22(5-6-22)29-17-4-3-16-13-24-21(18(16)11-17)19-12-20(26-15-25-19)28-10-9-27(2)23(14-28)7-8-23;;;;/h5-11,20-21,24H,12-19,22-23,25H2,1-4H3;6-7,16-17,19H,8-15,18,20H2,1-5H3;5-6,15-16,18,30H,7-14,17,19H2,1-4H3;3-4,11-12,15H,5-10,13-14H2,1-2H3;1H;;1H;/q;;;;;+1;;-1. The van der Waals surface area contributed by atoms with Gasteiger partial charge in [0.15, 0.2) is 0 Å². The average molecular weight is 2120 g/mol. The van der Waals surface area contributed by atoms with Crippen molar-refractivity contribution in [2.75, 3.05) is 132 Å². The first kappa shape index (κ1) is 107. The number of hydrogen-bond donors (Lipinski definition) is 1. The van der Waals surface area contributed by atoms with Gasteiger partial charge in [0.25, 0.3) is 0 Å². The van der Waals surface area contributed by atoms with Crippen LogP contribution in [-0.2, 0) is 52.3 Å². The summed E-state index contributed by atoms with van der Waals surface area (Å²) < 4.78 is 55.1. The van der Waals surface area contributed by atoms with Gasteiger partial charge in [0.2, 0.25) is 0 Å². The fourth-order valence-corrected chi connectivity index (χ4v) is 23.1. The molecule has 25 rings (SSSR count). The SMILES string of the molecule is CC1(Oc2ccc3nn(COCC[Si](C)(C)C)c(-c4cc(N5CCN(C(=O)OCc6ccccc6)C6(CC6)C5)ncn4)c3c2)CC1.CC1(Oc2ccc3nn(COCC[Si](C)(C)C)c(-c4cc(N5CCNC6(CC6)C5)ncn4)c3c2)CC1.CN1CCN(c2cc(-c3c4cc(OC5(C)CC5)ccc4nn3COCC[Si](C)(C)C)ncn2)CC12CC2.CN1CCN(c2cc(C3=NCc4ccc(OC5(C)CC5)cc43)ncn2)CC12CC2.Cl.[H-].[HH].[Na+]. The number of anilines is 4. The molecule has 1 N–H and O–H groups in total. The minimum atomic E-state index is -1.22. The molecule has 32 nitrogen and oxygen atoms in total. The van der Waals surface area contributed by atoms with E-state index in [1.54, 1.807) is 25.3 Å². The number of rotatable bonds is 33. The summed E-state index contributed by atoms with van der Waals surface area (Å²) in [6.07, 6.45) is 24.8. The molecule has 7 aromatic heterocycles.